The van der Waals surface area contributed by atoms with Crippen LogP contribution in [0.4, 0.5) is 4.79 Å². The molecule has 1 aromatic heterocycles. The summed E-state index contributed by atoms with van der Waals surface area (Å²) in [7, 11) is 10.2. The van der Waals surface area contributed by atoms with Crippen molar-refractivity contribution in [3.05, 3.63) is 52.0 Å². The molecule has 17 nitrogen and oxygen atoms in total. The van der Waals surface area contributed by atoms with Crippen LogP contribution >= 0.6 is 11.3 Å². The van der Waals surface area contributed by atoms with Crippen molar-refractivity contribution in [2.24, 2.45) is 29.4 Å². The molecule has 0 bridgehead atoms. The summed E-state index contributed by atoms with van der Waals surface area (Å²) in [4.78, 5) is 93.3. The molecule has 0 unspecified atom stereocenters. The first-order valence-electron chi connectivity index (χ1n) is 24.5. The van der Waals surface area contributed by atoms with Crippen molar-refractivity contribution >= 4 is 47.0 Å². The highest BCUT2D eigenvalue weighted by atomic mass is 32.1. The number of hydrogen-bond donors (Lipinski definition) is 3. The van der Waals surface area contributed by atoms with Gasteiger partial charge in [0.05, 0.1) is 48.7 Å². The zero-order valence-electron chi connectivity index (χ0n) is 44.1. The van der Waals surface area contributed by atoms with Crippen LogP contribution in [0.1, 0.15) is 128 Å². The van der Waals surface area contributed by atoms with Gasteiger partial charge in [-0.25, -0.2) is 9.78 Å². The lowest BCUT2D eigenvalue weighted by molar-refractivity contribution is -0.148. The van der Waals surface area contributed by atoms with E-state index in [0.717, 1.165) is 12.0 Å². The number of amides is 6. The van der Waals surface area contributed by atoms with Crippen LogP contribution in [0.15, 0.2) is 35.7 Å². The van der Waals surface area contributed by atoms with Crippen molar-refractivity contribution in [3.8, 4) is 0 Å². The zero-order chi connectivity index (χ0) is 51.9. The van der Waals surface area contributed by atoms with Crippen molar-refractivity contribution in [1.29, 1.82) is 0 Å². The molecular formula is C51H84N8O9S. The number of carbonyl (C=O) groups is 6. The largest absolute Gasteiger partial charge is 0.444 e. The predicted molar refractivity (Wildman–Crippen MR) is 269 cm³/mol. The Bertz CT molecular complexity index is 1970. The summed E-state index contributed by atoms with van der Waals surface area (Å²) in [6.07, 6.45) is 1.37. The number of primary amides is 1. The standard InChI is InChI=1S/C51H84N8O9S/c1-16-33(6)43(58(13)49(64)41(31(2)3)55-46(62)42(32(4)5)56(10)11)39(66-14)29-40(60)59-27-20-24-38(59)44(67-15)34(7)45(61)53-36(28-35-22-18-17-19-23-35)47-54-37(30-69-47)48(63)57(12)26-21-25-51(8,9)68-50(52)65/h17-19,22-23,30-34,36,38-39,41-44H,16,20-21,24-29H2,1-15H3,(H2,52,65)(H,53,61)(H,55,62)/t33-,34+,36-,38-,39+,41-,42-,43-,44+/m0/s1. The van der Waals surface area contributed by atoms with Crippen molar-refractivity contribution in [2.75, 3.05) is 55.5 Å². The van der Waals surface area contributed by atoms with Crippen LogP contribution in [0.3, 0.4) is 0 Å². The van der Waals surface area contributed by atoms with E-state index in [4.69, 9.17) is 24.9 Å². The van der Waals surface area contributed by atoms with Crippen molar-refractivity contribution in [1.82, 2.24) is 35.2 Å². The van der Waals surface area contributed by atoms with Gasteiger partial charge in [-0.15, -0.1) is 11.3 Å². The van der Waals surface area contributed by atoms with Gasteiger partial charge in [-0.3, -0.25) is 28.9 Å². The number of hydrogen-bond acceptors (Lipinski definition) is 12. The number of methoxy groups -OCH3 is 2. The van der Waals surface area contributed by atoms with Crippen LogP contribution in [-0.2, 0) is 39.8 Å². The molecule has 3 rings (SSSR count). The van der Waals surface area contributed by atoms with E-state index >= 15 is 0 Å². The highest BCUT2D eigenvalue weighted by molar-refractivity contribution is 7.09. The van der Waals surface area contributed by atoms with E-state index in [-0.39, 0.29) is 59.4 Å². The van der Waals surface area contributed by atoms with E-state index in [9.17, 15) is 28.8 Å². The van der Waals surface area contributed by atoms with Gasteiger partial charge >= 0.3 is 6.09 Å². The number of carbonyl (C=O) groups excluding carboxylic acids is 6. The first-order valence-corrected chi connectivity index (χ1v) is 25.4. The Labute approximate surface area is 415 Å². The van der Waals surface area contributed by atoms with Crippen LogP contribution < -0.4 is 16.4 Å². The maximum Gasteiger partial charge on any atom is 0.405 e. The third kappa shape index (κ3) is 16.5. The zero-order valence-corrected chi connectivity index (χ0v) is 44.9. The fraction of sp³-hybridized carbons (Fsp3) is 0.706. The molecule has 1 aromatic carbocycles. The van der Waals surface area contributed by atoms with Gasteiger partial charge < -0.3 is 45.3 Å². The molecule has 4 N–H and O–H groups in total. The molecule has 18 heteroatoms. The third-order valence-corrected chi connectivity index (χ3v) is 14.5. The topological polar surface area (TPSA) is 206 Å². The fourth-order valence-corrected chi connectivity index (χ4v) is 10.5. The van der Waals surface area contributed by atoms with E-state index in [1.165, 1.54) is 11.3 Å². The lowest BCUT2D eigenvalue weighted by Gasteiger charge is -2.41. The van der Waals surface area contributed by atoms with E-state index in [2.05, 4.69) is 10.6 Å². The molecule has 2 heterocycles. The number of benzene rings is 1. The second kappa shape index (κ2) is 27.1. The molecule has 0 radical (unpaired) electrons. The molecule has 388 valence electrons. The van der Waals surface area contributed by atoms with Gasteiger partial charge in [0.25, 0.3) is 5.91 Å². The van der Waals surface area contributed by atoms with Crippen LogP contribution in [0, 0.1) is 23.7 Å². The van der Waals surface area contributed by atoms with Crippen molar-refractivity contribution < 1.29 is 43.0 Å². The van der Waals surface area contributed by atoms with Gasteiger partial charge in [-0.2, -0.15) is 0 Å². The van der Waals surface area contributed by atoms with Gasteiger partial charge in [0.2, 0.25) is 23.6 Å². The molecule has 1 fully saturated rings. The molecule has 1 aliphatic rings. The normalized spacial score (nSPS) is 17.7. The van der Waals surface area contributed by atoms with Crippen LogP contribution in [0.5, 0.6) is 0 Å². The molecule has 1 aliphatic heterocycles. The fourth-order valence-electron chi connectivity index (χ4n) is 9.67. The van der Waals surface area contributed by atoms with Gasteiger partial charge in [-0.05, 0) is 83.4 Å². The summed E-state index contributed by atoms with van der Waals surface area (Å²) < 4.78 is 17.4. The van der Waals surface area contributed by atoms with E-state index in [1.807, 2.05) is 90.9 Å². The summed E-state index contributed by atoms with van der Waals surface area (Å²) in [5.74, 6) is -2.11. The Morgan fingerprint density at radius 1 is 0.928 bits per heavy atom. The number of ether oxygens (including phenoxy) is 3. The number of nitrogens with two attached hydrogens (primary N) is 1. The third-order valence-electron chi connectivity index (χ3n) is 13.6. The maximum absolute atomic E-state index is 14.5. The number of nitrogens with one attached hydrogen (secondary N) is 2. The summed E-state index contributed by atoms with van der Waals surface area (Å²) in [5, 5.41) is 8.53. The number of rotatable bonds is 27. The predicted octanol–water partition coefficient (Wildman–Crippen LogP) is 5.92. The smallest absolute Gasteiger partial charge is 0.405 e. The molecule has 69 heavy (non-hydrogen) atoms. The van der Waals surface area contributed by atoms with Gasteiger partial charge in [0.15, 0.2) is 0 Å². The van der Waals surface area contributed by atoms with Crippen molar-refractivity contribution in [3.63, 3.8) is 0 Å². The van der Waals surface area contributed by atoms with Crippen LogP contribution in [0.25, 0.3) is 0 Å². The first kappa shape index (κ1) is 58.7. The number of thiazole rings is 1. The van der Waals surface area contributed by atoms with Crippen molar-refractivity contribution in [2.45, 2.75) is 155 Å². The Hall–Kier alpha value is -4.65. The number of likely N-dealkylation sites (N-methyl/N-ethyl adjacent to an activating group) is 2. The minimum atomic E-state index is -0.849. The minimum absolute atomic E-state index is 0.00741. The monoisotopic (exact) mass is 985 g/mol. The van der Waals surface area contributed by atoms with E-state index in [1.54, 1.807) is 69.2 Å². The number of nitrogens with zero attached hydrogens (tertiary/aromatic N) is 5. The molecule has 0 aliphatic carbocycles. The Morgan fingerprint density at radius 3 is 2.13 bits per heavy atom. The van der Waals surface area contributed by atoms with Gasteiger partial charge in [0, 0.05) is 46.8 Å². The van der Waals surface area contributed by atoms with E-state index < -0.39 is 60.0 Å². The molecule has 0 spiro atoms. The first-order chi connectivity index (χ1) is 32.4. The highest BCUT2D eigenvalue weighted by Gasteiger charge is 2.43. The van der Waals surface area contributed by atoms with E-state index in [0.29, 0.717) is 50.2 Å². The Kier molecular flexibility index (Phi) is 23.0. The second-order valence-corrected chi connectivity index (χ2v) is 21.2. The highest BCUT2D eigenvalue weighted by Crippen LogP contribution is 2.31. The molecule has 0 saturated carbocycles. The molecule has 6 amide bonds. The lowest BCUT2D eigenvalue weighted by atomic mass is 9.89. The lowest BCUT2D eigenvalue weighted by Crippen LogP contribution is -2.59. The Balaban J connectivity index is 1.81. The number of aromatic nitrogens is 1. The summed E-state index contributed by atoms with van der Waals surface area (Å²) in [6.45, 7) is 18.1. The molecular weight excluding hydrogens is 901 g/mol. The van der Waals surface area contributed by atoms with Gasteiger partial charge in [-0.1, -0.05) is 85.2 Å². The molecule has 2 aromatic rings. The average Bonchev–Trinajstić information content (AvgIpc) is 3.98. The number of likely N-dealkylation sites (tertiary alicyclic amines) is 1. The summed E-state index contributed by atoms with van der Waals surface area (Å²) in [5.41, 5.74) is 5.66. The summed E-state index contributed by atoms with van der Waals surface area (Å²) in [6, 6.07) is 7.05. The molecule has 9 atom stereocenters. The van der Waals surface area contributed by atoms with Crippen LogP contribution in [-0.4, -0.2) is 158 Å². The quantitative estimate of drug-likeness (QED) is 0.0959. The SMILES string of the molecule is CC[C@H](C)[C@@H]([C@@H](CC(=O)N1CCC[C@H]1[C@H](OC)[C@@H](C)C(=O)N[C@@H](Cc1ccccc1)c1nc(C(=O)N(C)CCCC(C)(C)OC(N)=O)cs1)OC)N(C)C(=O)[C@@H](NC(=O)[C@H](C(C)C)N(C)C)C(C)C. The minimum Gasteiger partial charge on any atom is -0.444 e. The summed E-state index contributed by atoms with van der Waals surface area (Å²) >= 11 is 1.29. The second-order valence-electron chi connectivity index (χ2n) is 20.3. The average molecular weight is 985 g/mol. The molecule has 1 saturated heterocycles. The Morgan fingerprint density at radius 2 is 1.58 bits per heavy atom. The van der Waals surface area contributed by atoms with Gasteiger partial charge in [0.1, 0.15) is 22.3 Å². The van der Waals surface area contributed by atoms with Crippen LogP contribution in [0.2, 0.25) is 0 Å². The maximum atomic E-state index is 14.5.